The molecule has 3 fully saturated rings. The van der Waals surface area contributed by atoms with E-state index in [4.69, 9.17) is 23.7 Å². The van der Waals surface area contributed by atoms with Crippen molar-refractivity contribution in [3.8, 4) is 0 Å². The fourth-order valence-electron chi connectivity index (χ4n) is 5.21. The molecular formula is C24H41N3O15. The molecule has 3 aliphatic heterocycles. The summed E-state index contributed by atoms with van der Waals surface area (Å²) in [5, 5.41) is 80.0. The first-order valence-corrected chi connectivity index (χ1v) is 13.4. The molecule has 18 nitrogen and oxygen atoms in total. The Morgan fingerprint density at radius 1 is 0.619 bits per heavy atom. The van der Waals surface area contributed by atoms with Gasteiger partial charge >= 0.3 is 0 Å². The topological polar surface area (TPSA) is 275 Å². The van der Waals surface area contributed by atoms with E-state index in [2.05, 4.69) is 16.0 Å². The Bertz CT molecular complexity index is 945. The molecule has 15 atom stereocenters. The standard InChI is InChI=1S/C24H41N3O15/c1-7-16(33)21(42-23-13(25-8(2)30)19(36)17(34)11(5-28)40-23)15(27-10(4)32)24(38-7)41-20-14(26-9(3)31)22(37)39-12(6-29)18(20)35/h7,11-24,28-29,33-37H,5-6H2,1-4H3,(H,25,30)(H,26,31)(H,27,32)/t7-,11+,12+,13-,14+,15-,16+,17+,18-,19+,20+,21-,22-,23-,24-/m0/s1. The number of aliphatic hydroxyl groups is 7. The predicted molar refractivity (Wildman–Crippen MR) is 135 cm³/mol. The molecule has 0 saturated carbocycles. The Balaban J connectivity index is 1.96. The van der Waals surface area contributed by atoms with E-state index in [1.54, 1.807) is 0 Å². The molecule has 0 spiro atoms. The van der Waals surface area contributed by atoms with Gasteiger partial charge in [0.1, 0.15) is 67.0 Å². The number of carbonyl (C=O) groups is 3. The van der Waals surface area contributed by atoms with Crippen LogP contribution in [0, 0.1) is 0 Å². The second kappa shape index (κ2) is 14.6. The third-order valence-electron chi connectivity index (χ3n) is 7.26. The number of carbonyl (C=O) groups excluding carboxylic acids is 3. The van der Waals surface area contributed by atoms with Crippen LogP contribution < -0.4 is 16.0 Å². The van der Waals surface area contributed by atoms with Gasteiger partial charge in [-0.3, -0.25) is 14.4 Å². The molecule has 3 heterocycles. The number of rotatable bonds is 9. The van der Waals surface area contributed by atoms with E-state index >= 15 is 0 Å². The Morgan fingerprint density at radius 3 is 1.60 bits per heavy atom. The van der Waals surface area contributed by atoms with Crippen LogP contribution in [0.5, 0.6) is 0 Å². The number of nitrogens with one attached hydrogen (secondary N) is 3. The van der Waals surface area contributed by atoms with Crippen molar-refractivity contribution in [1.29, 1.82) is 0 Å². The minimum atomic E-state index is -1.73. The summed E-state index contributed by atoms with van der Waals surface area (Å²) >= 11 is 0. The molecular weight excluding hydrogens is 570 g/mol. The number of hydrogen-bond acceptors (Lipinski definition) is 15. The van der Waals surface area contributed by atoms with Crippen LogP contribution in [0.2, 0.25) is 0 Å². The second-order valence-electron chi connectivity index (χ2n) is 10.5. The first-order valence-electron chi connectivity index (χ1n) is 13.4. The highest BCUT2D eigenvalue weighted by Crippen LogP contribution is 2.32. The summed E-state index contributed by atoms with van der Waals surface area (Å²) in [6.45, 7) is 3.40. The fraction of sp³-hybridized carbons (Fsp3) is 0.875. The smallest absolute Gasteiger partial charge is 0.217 e. The van der Waals surface area contributed by atoms with Crippen LogP contribution in [0.25, 0.3) is 0 Å². The van der Waals surface area contributed by atoms with Crippen LogP contribution >= 0.6 is 0 Å². The van der Waals surface area contributed by atoms with Gasteiger partial charge in [0.15, 0.2) is 18.9 Å². The Hall–Kier alpha value is -2.07. The molecule has 42 heavy (non-hydrogen) atoms. The van der Waals surface area contributed by atoms with Crippen LogP contribution in [0.3, 0.4) is 0 Å². The van der Waals surface area contributed by atoms with Crippen LogP contribution in [-0.2, 0) is 38.1 Å². The van der Waals surface area contributed by atoms with E-state index in [9.17, 15) is 50.1 Å². The van der Waals surface area contributed by atoms with Gasteiger partial charge in [-0.1, -0.05) is 0 Å². The van der Waals surface area contributed by atoms with E-state index in [0.29, 0.717) is 0 Å². The molecule has 3 saturated heterocycles. The summed E-state index contributed by atoms with van der Waals surface area (Å²) in [7, 11) is 0. The molecule has 0 aromatic heterocycles. The van der Waals surface area contributed by atoms with Crippen LogP contribution in [0.4, 0.5) is 0 Å². The highest BCUT2D eigenvalue weighted by Gasteiger charge is 2.54. The van der Waals surface area contributed by atoms with Gasteiger partial charge in [-0.15, -0.1) is 0 Å². The average molecular weight is 612 g/mol. The summed E-state index contributed by atoms with van der Waals surface area (Å²) in [5.41, 5.74) is 0. The third kappa shape index (κ3) is 7.71. The van der Waals surface area contributed by atoms with Crippen LogP contribution in [0.1, 0.15) is 27.7 Å². The maximum absolute atomic E-state index is 12.3. The van der Waals surface area contributed by atoms with Crippen molar-refractivity contribution in [2.24, 2.45) is 0 Å². The van der Waals surface area contributed by atoms with Gasteiger partial charge in [0.25, 0.3) is 0 Å². The summed E-state index contributed by atoms with van der Waals surface area (Å²) in [5.74, 6) is -1.88. The Morgan fingerprint density at radius 2 is 1.07 bits per heavy atom. The predicted octanol–water partition coefficient (Wildman–Crippen LogP) is -6.11. The molecule has 242 valence electrons. The van der Waals surface area contributed by atoms with Gasteiger partial charge in [0.2, 0.25) is 17.7 Å². The van der Waals surface area contributed by atoms with E-state index in [-0.39, 0.29) is 0 Å². The van der Waals surface area contributed by atoms with Crippen molar-refractivity contribution in [3.05, 3.63) is 0 Å². The van der Waals surface area contributed by atoms with Crippen molar-refractivity contribution in [2.45, 2.75) is 120 Å². The number of amides is 3. The second-order valence-corrected chi connectivity index (χ2v) is 10.5. The molecule has 10 N–H and O–H groups in total. The van der Waals surface area contributed by atoms with Gasteiger partial charge in [-0.25, -0.2) is 0 Å². The minimum Gasteiger partial charge on any atom is -0.394 e. The number of hydrogen-bond donors (Lipinski definition) is 10. The third-order valence-corrected chi connectivity index (χ3v) is 7.26. The lowest BCUT2D eigenvalue weighted by molar-refractivity contribution is -0.343. The number of aliphatic hydroxyl groups excluding tert-OH is 7. The molecule has 0 aromatic rings. The molecule has 3 rings (SSSR count). The minimum absolute atomic E-state index is 0.614. The molecule has 3 aliphatic rings. The number of ether oxygens (including phenoxy) is 5. The van der Waals surface area contributed by atoms with E-state index in [1.165, 1.54) is 6.92 Å². The first kappa shape index (κ1) is 34.4. The van der Waals surface area contributed by atoms with Gasteiger partial charge in [0, 0.05) is 20.8 Å². The molecule has 0 aliphatic carbocycles. The highest BCUT2D eigenvalue weighted by atomic mass is 16.7. The van der Waals surface area contributed by atoms with Crippen molar-refractivity contribution in [1.82, 2.24) is 16.0 Å². The van der Waals surface area contributed by atoms with Crippen molar-refractivity contribution in [3.63, 3.8) is 0 Å². The van der Waals surface area contributed by atoms with Gasteiger partial charge in [-0.05, 0) is 6.92 Å². The van der Waals surface area contributed by atoms with Crippen molar-refractivity contribution in [2.75, 3.05) is 13.2 Å². The van der Waals surface area contributed by atoms with Gasteiger partial charge < -0.3 is 75.4 Å². The summed E-state index contributed by atoms with van der Waals surface area (Å²) in [6.07, 6.45) is -17.9. The molecule has 0 unspecified atom stereocenters. The van der Waals surface area contributed by atoms with Crippen LogP contribution in [0.15, 0.2) is 0 Å². The van der Waals surface area contributed by atoms with Crippen molar-refractivity contribution >= 4 is 17.7 Å². The van der Waals surface area contributed by atoms with E-state index in [1.807, 2.05) is 0 Å². The lowest BCUT2D eigenvalue weighted by atomic mass is 9.93. The maximum Gasteiger partial charge on any atom is 0.217 e. The molecule has 0 aromatic carbocycles. The molecule has 18 heteroatoms. The zero-order chi connectivity index (χ0) is 31.5. The van der Waals surface area contributed by atoms with Gasteiger partial charge in [-0.2, -0.15) is 0 Å². The zero-order valence-corrected chi connectivity index (χ0v) is 23.5. The quantitative estimate of drug-likeness (QED) is 0.116. The average Bonchev–Trinajstić information content (AvgIpc) is 2.91. The maximum atomic E-state index is 12.3. The first-order chi connectivity index (χ1) is 19.7. The Kier molecular flexibility index (Phi) is 12.0. The fourth-order valence-corrected chi connectivity index (χ4v) is 5.21. The Labute approximate surface area is 240 Å². The van der Waals surface area contributed by atoms with Crippen LogP contribution in [-0.4, -0.2) is 159 Å². The highest BCUT2D eigenvalue weighted by molar-refractivity contribution is 5.74. The molecule has 0 radical (unpaired) electrons. The largest absolute Gasteiger partial charge is 0.394 e. The summed E-state index contributed by atoms with van der Waals surface area (Å²) in [4.78, 5) is 35.9. The summed E-state index contributed by atoms with van der Waals surface area (Å²) in [6, 6.07) is -4.13. The normalized spacial score (nSPS) is 44.2. The lowest BCUT2D eigenvalue weighted by Gasteiger charge is -2.50. The molecule has 3 amide bonds. The van der Waals surface area contributed by atoms with E-state index < -0.39 is 123 Å². The SMILES string of the molecule is CC(=O)N[C@@H]1[C@H](O[C@@H]2[C@H](O)[C@H](C)O[C@@H](O[C@H]3[C@@H](O)[C@@H](CO)O[C@H](O)[C@@H]3NC(C)=O)[C@H]2NC(C)=O)O[C@H](CO)[C@@H](O)[C@@H]1O. The summed E-state index contributed by atoms with van der Waals surface area (Å²) < 4.78 is 28.6. The van der Waals surface area contributed by atoms with Gasteiger partial charge in [0.05, 0.1) is 19.3 Å². The zero-order valence-electron chi connectivity index (χ0n) is 23.5. The lowest BCUT2D eigenvalue weighted by Crippen LogP contribution is -2.71. The van der Waals surface area contributed by atoms with Crippen molar-refractivity contribution < 1.29 is 73.8 Å². The van der Waals surface area contributed by atoms with E-state index in [0.717, 1.165) is 20.8 Å². The monoisotopic (exact) mass is 611 g/mol. The molecule has 0 bridgehead atoms.